The number of rotatable bonds is 21. The van der Waals surface area contributed by atoms with Gasteiger partial charge in [0, 0.05) is 72.1 Å². The number of nitriles is 2. The van der Waals surface area contributed by atoms with Gasteiger partial charge in [-0.1, -0.05) is 104 Å². The summed E-state index contributed by atoms with van der Waals surface area (Å²) in [6, 6.07) is 35.0. The number of pyridine rings is 2. The average Bonchev–Trinajstić information content (AvgIpc) is 3.40. The maximum atomic E-state index is 12.7. The molecule has 1 unspecified atom stereocenters. The van der Waals surface area contributed by atoms with Gasteiger partial charge in [-0.25, -0.2) is 0 Å². The Morgan fingerprint density at radius 3 is 1.55 bits per heavy atom. The Morgan fingerprint density at radius 2 is 1.08 bits per heavy atom. The van der Waals surface area contributed by atoms with Gasteiger partial charge in [-0.3, -0.25) is 20.1 Å². The zero-order chi connectivity index (χ0) is 50.9. The summed E-state index contributed by atoms with van der Waals surface area (Å²) in [5.74, 6) is 0.198. The van der Waals surface area contributed by atoms with Crippen LogP contribution in [0.5, 0.6) is 23.0 Å². The van der Waals surface area contributed by atoms with Crippen molar-refractivity contribution < 1.29 is 39.1 Å². The molecule has 2 aromatic heterocycles. The Bertz CT molecular complexity index is 3050. The molecule has 364 valence electrons. The molecule has 2 heterocycles. The number of aromatic nitrogens is 2. The lowest BCUT2D eigenvalue weighted by atomic mass is 9.91. The first-order chi connectivity index (χ1) is 34.4. The van der Waals surface area contributed by atoms with Gasteiger partial charge in [0.15, 0.2) is 0 Å². The van der Waals surface area contributed by atoms with Crippen LogP contribution in [-0.4, -0.2) is 43.4 Å². The second-order valence-electron chi connectivity index (χ2n) is 16.2. The fraction of sp³-hybridized carbons (Fsp3) is 0.232. The predicted molar refractivity (Wildman–Crippen MR) is 271 cm³/mol. The summed E-state index contributed by atoms with van der Waals surface area (Å²) in [7, 11) is 0. The van der Waals surface area contributed by atoms with Crippen molar-refractivity contribution >= 4 is 29.2 Å². The topological polar surface area (TPSA) is 200 Å². The van der Waals surface area contributed by atoms with Gasteiger partial charge in [0.05, 0.1) is 34.4 Å². The molecule has 13 nitrogen and oxygen atoms in total. The van der Waals surface area contributed by atoms with Crippen LogP contribution >= 0.6 is 23.2 Å². The molecule has 0 aliphatic rings. The Balaban J connectivity index is 0.00000407. The predicted octanol–water partition coefficient (Wildman–Crippen LogP) is 10.8. The highest BCUT2D eigenvalue weighted by Crippen LogP contribution is 2.38. The van der Waals surface area contributed by atoms with Crippen molar-refractivity contribution in [2.75, 3.05) is 6.61 Å². The molecular formula is C56H53Cl2N5O8. The third-order valence-corrected chi connectivity index (χ3v) is 12.2. The molecule has 15 heteroatoms. The highest BCUT2D eigenvalue weighted by molar-refractivity contribution is 6.32. The molecule has 0 aliphatic heterocycles. The fourth-order valence-corrected chi connectivity index (χ4v) is 8.14. The second-order valence-corrected chi connectivity index (χ2v) is 17.0. The van der Waals surface area contributed by atoms with E-state index in [1.807, 2.05) is 70.2 Å². The fourth-order valence-electron chi connectivity index (χ4n) is 7.66. The Labute approximate surface area is 423 Å². The largest absolute Gasteiger partial charge is 0.488 e. The zero-order valence-corrected chi connectivity index (χ0v) is 41.2. The molecule has 7 rings (SSSR count). The molecule has 0 fully saturated rings. The normalized spacial score (nSPS) is 11.5. The molecule has 0 amide bonds. The van der Waals surface area contributed by atoms with Crippen LogP contribution in [0.15, 0.2) is 128 Å². The average molecular weight is 995 g/mol. The van der Waals surface area contributed by atoms with Gasteiger partial charge in [0.2, 0.25) is 0 Å². The lowest BCUT2D eigenvalue weighted by molar-refractivity contribution is -0.146. The molecule has 71 heavy (non-hydrogen) atoms. The molecule has 4 N–H and O–H groups in total. The Hall–Kier alpha value is -7.49. The lowest BCUT2D eigenvalue weighted by Gasteiger charge is -2.29. The number of carboxylic acid groups (broad SMARTS) is 1. The van der Waals surface area contributed by atoms with E-state index in [1.165, 1.54) is 12.4 Å². The molecule has 0 saturated carbocycles. The minimum absolute atomic E-state index is 0.0150. The molecule has 0 bridgehead atoms. The number of hydrogen-bond donors (Lipinski definition) is 4. The number of halogens is 2. The number of carbonyl (C=O) groups is 1. The molecule has 0 saturated heterocycles. The van der Waals surface area contributed by atoms with Crippen molar-refractivity contribution in [2.45, 2.75) is 79.2 Å². The van der Waals surface area contributed by atoms with Crippen LogP contribution in [0, 0.1) is 36.5 Å². The first-order valence-electron chi connectivity index (χ1n) is 22.7. The van der Waals surface area contributed by atoms with E-state index in [0.29, 0.717) is 61.4 Å². The Morgan fingerprint density at radius 1 is 0.606 bits per heavy atom. The summed E-state index contributed by atoms with van der Waals surface area (Å²) >= 11 is 13.5. The second kappa shape index (κ2) is 25.4. The van der Waals surface area contributed by atoms with Gasteiger partial charge in [0.1, 0.15) is 67.1 Å². The highest BCUT2D eigenvalue weighted by atomic mass is 35.5. The van der Waals surface area contributed by atoms with Crippen molar-refractivity contribution in [1.29, 1.82) is 10.5 Å². The van der Waals surface area contributed by atoms with Crippen molar-refractivity contribution in [1.82, 2.24) is 15.3 Å². The highest BCUT2D eigenvalue weighted by Gasteiger charge is 2.38. The van der Waals surface area contributed by atoms with E-state index in [4.69, 9.17) is 42.1 Å². The van der Waals surface area contributed by atoms with E-state index in [-0.39, 0.29) is 51.0 Å². The van der Waals surface area contributed by atoms with E-state index < -0.39 is 18.1 Å². The molecule has 0 aliphatic carbocycles. The first-order valence-corrected chi connectivity index (χ1v) is 23.4. The smallest absolute Gasteiger partial charge is 0.326 e. The van der Waals surface area contributed by atoms with E-state index in [9.17, 15) is 30.6 Å². The van der Waals surface area contributed by atoms with Gasteiger partial charge in [-0.15, -0.1) is 0 Å². The minimum atomic E-state index is -1.72. The van der Waals surface area contributed by atoms with Crippen LogP contribution in [0.4, 0.5) is 0 Å². The number of benzene rings is 5. The quantitative estimate of drug-likeness (QED) is 0.0531. The Kier molecular flexibility index (Phi) is 18.9. The van der Waals surface area contributed by atoms with Gasteiger partial charge in [0.25, 0.3) is 0 Å². The summed E-state index contributed by atoms with van der Waals surface area (Å²) in [5.41, 5.74) is 7.86. The summed E-state index contributed by atoms with van der Waals surface area (Å²) in [5, 5.41) is 53.2. The van der Waals surface area contributed by atoms with E-state index >= 15 is 0 Å². The minimum Gasteiger partial charge on any atom is -0.488 e. The maximum absolute atomic E-state index is 12.7. The lowest BCUT2D eigenvalue weighted by Crippen LogP contribution is -2.56. The van der Waals surface area contributed by atoms with Crippen molar-refractivity contribution in [3.05, 3.63) is 199 Å². The number of aliphatic hydroxyl groups is 2. The SMILES string of the molecule is CC.Cc1c(COc2cc(OCc3cncc(C#N)c3)c(CO)cc2Cl)cccc1-c1cccc(COc2cc(OCc3cncc(C#N)c3)c(CNC(CO)(Cc3ccccc3)C(=O)O)cc2Cl)c1C. The summed E-state index contributed by atoms with van der Waals surface area (Å²) < 4.78 is 25.0. The maximum Gasteiger partial charge on any atom is 0.326 e. The summed E-state index contributed by atoms with van der Waals surface area (Å²) in [6.45, 7) is 7.50. The third kappa shape index (κ3) is 13.4. The first kappa shape index (κ1) is 52.9. The van der Waals surface area contributed by atoms with E-state index in [1.54, 1.807) is 73.1 Å². The van der Waals surface area contributed by atoms with Gasteiger partial charge >= 0.3 is 5.97 Å². The van der Waals surface area contributed by atoms with E-state index in [0.717, 1.165) is 38.9 Å². The number of carboxylic acids is 1. The van der Waals surface area contributed by atoms with Gasteiger partial charge in [-0.05, 0) is 77.1 Å². The number of nitrogens with one attached hydrogen (secondary N) is 1. The van der Waals surface area contributed by atoms with Crippen LogP contribution in [0.3, 0.4) is 0 Å². The van der Waals surface area contributed by atoms with Crippen LogP contribution in [0.1, 0.15) is 75.0 Å². The molecule has 0 spiro atoms. The van der Waals surface area contributed by atoms with Gasteiger partial charge in [-0.2, -0.15) is 10.5 Å². The molecule has 1 atom stereocenters. The monoisotopic (exact) mass is 993 g/mol. The van der Waals surface area contributed by atoms with Crippen LogP contribution in [0.25, 0.3) is 11.1 Å². The van der Waals surface area contributed by atoms with Crippen LogP contribution < -0.4 is 24.3 Å². The number of nitrogens with zero attached hydrogens (tertiary/aromatic N) is 4. The summed E-state index contributed by atoms with van der Waals surface area (Å²) in [6.07, 6.45) is 6.13. The number of ether oxygens (including phenoxy) is 4. The molecule has 7 aromatic rings. The van der Waals surface area contributed by atoms with Crippen LogP contribution in [0.2, 0.25) is 10.0 Å². The third-order valence-electron chi connectivity index (χ3n) is 11.6. The molecular weight excluding hydrogens is 942 g/mol. The molecule has 5 aromatic carbocycles. The standard InChI is InChI=1S/C54H47Cl2N5O8.C2H6/c1-34-41(10-6-12-45(34)46-13-7-11-42(35(46)2)32-69-52-19-50(44(28-62)17-48(52)56)67-30-40-15-38(22-58)24-60-26-40)31-68-51-18-49(66-29-39-14-37(21-57)23-59-25-39)43(16-47(51)55)27-61-54(33-63,53(64)65)20-36-8-4-3-5-9-36;1-2/h3-19,23-26,61-63H,20,27-33H2,1-2H3,(H,64,65);1-2H3. The van der Waals surface area contributed by atoms with E-state index in [2.05, 4.69) is 27.4 Å². The molecule has 0 radical (unpaired) electrons. The summed E-state index contributed by atoms with van der Waals surface area (Å²) in [4.78, 5) is 20.9. The van der Waals surface area contributed by atoms with Gasteiger partial charge < -0.3 is 34.3 Å². The van der Waals surface area contributed by atoms with Crippen LogP contribution in [-0.2, 0) is 50.8 Å². The van der Waals surface area contributed by atoms with Crippen molar-refractivity contribution in [3.63, 3.8) is 0 Å². The zero-order valence-electron chi connectivity index (χ0n) is 39.7. The van der Waals surface area contributed by atoms with Crippen molar-refractivity contribution in [2.24, 2.45) is 0 Å². The number of aliphatic hydroxyl groups excluding tert-OH is 2. The van der Waals surface area contributed by atoms with Crippen molar-refractivity contribution in [3.8, 4) is 46.3 Å². The number of aliphatic carboxylic acids is 1. The number of hydrogen-bond acceptors (Lipinski definition) is 12.